The van der Waals surface area contributed by atoms with Crippen molar-refractivity contribution in [3.63, 3.8) is 0 Å². The summed E-state index contributed by atoms with van der Waals surface area (Å²) in [5, 5.41) is -0.689. The first kappa shape index (κ1) is 21.6. The molecule has 1 amide bonds. The summed E-state index contributed by atoms with van der Waals surface area (Å²) in [6.07, 6.45) is 1.51. The van der Waals surface area contributed by atoms with Crippen LogP contribution in [0.3, 0.4) is 0 Å². The van der Waals surface area contributed by atoms with Crippen LogP contribution in [-0.2, 0) is 23.2 Å². The summed E-state index contributed by atoms with van der Waals surface area (Å²) in [6.45, 7) is 3.37. The first-order valence-corrected chi connectivity index (χ1v) is 10.8. The molecular formula is C22H22FNO5S. The van der Waals surface area contributed by atoms with E-state index in [1.165, 1.54) is 55.3 Å². The molecule has 1 heterocycles. The highest BCUT2D eigenvalue weighted by atomic mass is 32.2. The molecule has 0 atom stereocenters. The van der Waals surface area contributed by atoms with E-state index in [4.69, 9.17) is 8.60 Å². The second-order valence-electron chi connectivity index (χ2n) is 7.02. The monoisotopic (exact) mass is 431 g/mol. The van der Waals surface area contributed by atoms with Crippen LogP contribution in [0.15, 0.2) is 71.3 Å². The normalized spacial score (nSPS) is 11.5. The summed E-state index contributed by atoms with van der Waals surface area (Å²) in [5.41, 5.74) is 0.860. The molecular weight excluding hydrogens is 409 g/mol. The summed E-state index contributed by atoms with van der Waals surface area (Å²) < 4.78 is 48.2. The lowest BCUT2D eigenvalue weighted by Crippen LogP contribution is -2.30. The third kappa shape index (κ3) is 5.48. The van der Waals surface area contributed by atoms with E-state index in [-0.39, 0.29) is 30.3 Å². The van der Waals surface area contributed by atoms with E-state index in [0.717, 1.165) is 0 Å². The van der Waals surface area contributed by atoms with Crippen molar-refractivity contribution in [3.8, 4) is 5.75 Å². The molecule has 0 N–H and O–H groups in total. The SMILES string of the molecule is CC(C)S(=O)(=O)Oc1cccc(CN(Cc2ccco2)C(=O)c2cccc(F)c2)c1. The Morgan fingerprint density at radius 1 is 1.07 bits per heavy atom. The minimum absolute atomic E-state index is 0.148. The number of furan rings is 1. The van der Waals surface area contributed by atoms with Crippen molar-refractivity contribution in [3.05, 3.63) is 89.6 Å². The second-order valence-corrected chi connectivity index (χ2v) is 9.12. The van der Waals surface area contributed by atoms with Crippen LogP contribution < -0.4 is 4.18 Å². The Morgan fingerprint density at radius 3 is 2.50 bits per heavy atom. The van der Waals surface area contributed by atoms with Gasteiger partial charge in [-0.1, -0.05) is 18.2 Å². The molecule has 0 aliphatic rings. The third-order valence-electron chi connectivity index (χ3n) is 4.35. The van der Waals surface area contributed by atoms with Crippen molar-refractivity contribution in [2.45, 2.75) is 32.2 Å². The van der Waals surface area contributed by atoms with E-state index in [1.54, 1.807) is 30.3 Å². The molecule has 0 bridgehead atoms. The average molecular weight is 431 g/mol. The van der Waals surface area contributed by atoms with Crippen molar-refractivity contribution in [1.29, 1.82) is 0 Å². The zero-order valence-corrected chi connectivity index (χ0v) is 17.4. The topological polar surface area (TPSA) is 76.8 Å². The van der Waals surface area contributed by atoms with E-state index in [9.17, 15) is 17.6 Å². The number of benzene rings is 2. The summed E-state index contributed by atoms with van der Waals surface area (Å²) in [4.78, 5) is 14.5. The van der Waals surface area contributed by atoms with E-state index in [0.29, 0.717) is 11.3 Å². The Labute approximate surface area is 175 Å². The number of carbonyl (C=O) groups is 1. The molecule has 1 aromatic heterocycles. The van der Waals surface area contributed by atoms with Crippen LogP contribution in [0.1, 0.15) is 35.5 Å². The van der Waals surface area contributed by atoms with Gasteiger partial charge in [0, 0.05) is 12.1 Å². The lowest BCUT2D eigenvalue weighted by atomic mass is 10.1. The highest BCUT2D eigenvalue weighted by Gasteiger charge is 2.21. The zero-order chi connectivity index (χ0) is 21.7. The molecule has 3 aromatic rings. The number of rotatable bonds is 8. The predicted octanol–water partition coefficient (Wildman–Crippen LogP) is 4.38. The number of amides is 1. The summed E-state index contributed by atoms with van der Waals surface area (Å²) in [5.74, 6) is -0.160. The smallest absolute Gasteiger partial charge is 0.311 e. The molecule has 3 rings (SSSR count). The molecule has 0 spiro atoms. The lowest BCUT2D eigenvalue weighted by molar-refractivity contribution is 0.0717. The maximum absolute atomic E-state index is 13.6. The summed E-state index contributed by atoms with van der Waals surface area (Å²) in [6, 6.07) is 15.4. The second kappa shape index (κ2) is 9.13. The maximum atomic E-state index is 13.6. The Balaban J connectivity index is 1.86. The first-order chi connectivity index (χ1) is 14.2. The van der Waals surface area contributed by atoms with Gasteiger partial charge in [-0.25, -0.2) is 4.39 Å². The minimum Gasteiger partial charge on any atom is -0.467 e. The van der Waals surface area contributed by atoms with Crippen LogP contribution in [0.2, 0.25) is 0 Å². The minimum atomic E-state index is -3.74. The molecule has 0 unspecified atom stereocenters. The Kier molecular flexibility index (Phi) is 6.56. The van der Waals surface area contributed by atoms with E-state index in [1.807, 2.05) is 0 Å². The van der Waals surface area contributed by atoms with E-state index >= 15 is 0 Å². The lowest BCUT2D eigenvalue weighted by Gasteiger charge is -2.22. The average Bonchev–Trinajstić information content (AvgIpc) is 3.20. The molecule has 158 valence electrons. The predicted molar refractivity (Wildman–Crippen MR) is 110 cm³/mol. The van der Waals surface area contributed by atoms with Crippen molar-refractivity contribution in [1.82, 2.24) is 4.90 Å². The first-order valence-electron chi connectivity index (χ1n) is 9.34. The molecule has 0 fully saturated rings. The van der Waals surface area contributed by atoms with Gasteiger partial charge in [-0.15, -0.1) is 0 Å². The van der Waals surface area contributed by atoms with Gasteiger partial charge in [-0.2, -0.15) is 8.42 Å². The molecule has 0 aliphatic heterocycles. The van der Waals surface area contributed by atoms with E-state index < -0.39 is 21.2 Å². The quantitative estimate of drug-likeness (QED) is 0.495. The zero-order valence-electron chi connectivity index (χ0n) is 16.6. The van der Waals surface area contributed by atoms with Gasteiger partial charge in [-0.3, -0.25) is 4.79 Å². The molecule has 8 heteroatoms. The van der Waals surface area contributed by atoms with Gasteiger partial charge >= 0.3 is 10.1 Å². The number of nitrogens with zero attached hydrogens (tertiary/aromatic N) is 1. The van der Waals surface area contributed by atoms with Crippen LogP contribution in [0.25, 0.3) is 0 Å². The van der Waals surface area contributed by atoms with Crippen molar-refractivity contribution < 1.29 is 26.2 Å². The van der Waals surface area contributed by atoms with E-state index in [2.05, 4.69) is 0 Å². The largest absolute Gasteiger partial charge is 0.467 e. The van der Waals surface area contributed by atoms with Crippen LogP contribution in [0, 0.1) is 5.82 Å². The van der Waals surface area contributed by atoms with Crippen molar-refractivity contribution in [2.24, 2.45) is 0 Å². The van der Waals surface area contributed by atoms with Gasteiger partial charge in [0.05, 0.1) is 18.1 Å². The molecule has 0 saturated heterocycles. The highest BCUT2D eigenvalue weighted by Crippen LogP contribution is 2.21. The molecule has 2 aromatic carbocycles. The number of halogens is 1. The Hall–Kier alpha value is -3.13. The van der Waals surface area contributed by atoms with Gasteiger partial charge in [-0.05, 0) is 61.9 Å². The molecule has 30 heavy (non-hydrogen) atoms. The fraction of sp³-hybridized carbons (Fsp3) is 0.227. The highest BCUT2D eigenvalue weighted by molar-refractivity contribution is 7.87. The molecule has 0 aliphatic carbocycles. The number of carbonyl (C=O) groups excluding carboxylic acids is 1. The van der Waals surface area contributed by atoms with Crippen molar-refractivity contribution in [2.75, 3.05) is 0 Å². The number of hydrogen-bond donors (Lipinski definition) is 0. The van der Waals surface area contributed by atoms with Gasteiger partial charge in [0.1, 0.15) is 17.3 Å². The number of hydrogen-bond acceptors (Lipinski definition) is 5. The van der Waals surface area contributed by atoms with Crippen LogP contribution in [0.5, 0.6) is 5.75 Å². The fourth-order valence-electron chi connectivity index (χ4n) is 2.74. The van der Waals surface area contributed by atoms with Crippen molar-refractivity contribution >= 4 is 16.0 Å². The molecule has 0 saturated carbocycles. The maximum Gasteiger partial charge on any atom is 0.311 e. The Bertz CT molecular complexity index is 1110. The van der Waals surface area contributed by atoms with Gasteiger partial charge in [0.15, 0.2) is 0 Å². The molecule has 0 radical (unpaired) electrons. The van der Waals surface area contributed by atoms with Crippen LogP contribution >= 0.6 is 0 Å². The van der Waals surface area contributed by atoms with Gasteiger partial charge in [0.25, 0.3) is 5.91 Å². The van der Waals surface area contributed by atoms with Crippen LogP contribution in [0.4, 0.5) is 4.39 Å². The summed E-state index contributed by atoms with van der Waals surface area (Å²) >= 11 is 0. The fourth-order valence-corrected chi connectivity index (χ4v) is 3.31. The standard InChI is InChI=1S/C22H22FNO5S/c1-16(2)30(26,27)29-20-9-3-6-17(12-20)14-24(15-21-10-5-11-28-21)22(25)18-7-4-8-19(23)13-18/h3-13,16H,14-15H2,1-2H3. The Morgan fingerprint density at radius 2 is 1.83 bits per heavy atom. The van der Waals surface area contributed by atoms with Gasteiger partial charge in [0.2, 0.25) is 0 Å². The molecule has 6 nitrogen and oxygen atoms in total. The van der Waals surface area contributed by atoms with Gasteiger partial charge < -0.3 is 13.5 Å². The third-order valence-corrected chi connectivity index (χ3v) is 5.93. The summed E-state index contributed by atoms with van der Waals surface area (Å²) in [7, 11) is -3.74. The van der Waals surface area contributed by atoms with Crippen LogP contribution in [-0.4, -0.2) is 24.5 Å².